The molecule has 2 rings (SSSR count). The van der Waals surface area contributed by atoms with Crippen LogP contribution in [0.1, 0.15) is 37.2 Å². The quantitative estimate of drug-likeness (QED) is 0.751. The second-order valence-electron chi connectivity index (χ2n) is 4.14. The largest absolute Gasteiger partial charge is 0.370 e. The number of aryl methyl sites for hydroxylation is 1. The Morgan fingerprint density at radius 3 is 2.44 bits per heavy atom. The van der Waals surface area contributed by atoms with Crippen molar-refractivity contribution in [3.05, 3.63) is 22.5 Å². The van der Waals surface area contributed by atoms with Gasteiger partial charge in [0.05, 0.1) is 5.69 Å². The molecule has 0 saturated heterocycles. The lowest BCUT2D eigenvalue weighted by Gasteiger charge is -2.25. The third-order valence-electron chi connectivity index (χ3n) is 3.19. The minimum absolute atomic E-state index is 0.120. The molecule has 1 aromatic heterocycles. The molecule has 1 fully saturated rings. The highest BCUT2D eigenvalue weighted by atomic mass is 35.5. The maximum Gasteiger partial charge on any atom is 0.181 e. The number of rotatable bonds is 2. The summed E-state index contributed by atoms with van der Waals surface area (Å²) >= 11 is 5.73. The molecule has 16 heavy (non-hydrogen) atoms. The molecule has 0 spiro atoms. The van der Waals surface area contributed by atoms with Crippen LogP contribution in [-0.4, -0.2) is 17.1 Å². The first-order valence-electron chi connectivity index (χ1n) is 5.34. The summed E-state index contributed by atoms with van der Waals surface area (Å²) in [6, 6.07) is 0. The van der Waals surface area contributed by atoms with E-state index in [4.69, 9.17) is 16.3 Å². The molecular weight excluding hydrogens is 231 g/mol. The average Bonchev–Trinajstić information content (AvgIpc) is 2.75. The first-order valence-corrected chi connectivity index (χ1v) is 5.72. The van der Waals surface area contributed by atoms with Crippen molar-refractivity contribution in [2.75, 3.05) is 7.11 Å². The van der Waals surface area contributed by atoms with Gasteiger partial charge < -0.3 is 4.74 Å². The lowest BCUT2D eigenvalue weighted by Crippen LogP contribution is -2.28. The van der Waals surface area contributed by atoms with Crippen molar-refractivity contribution in [1.29, 1.82) is 0 Å². The number of aromatic nitrogens is 2. The number of hydrogen-bond donors (Lipinski definition) is 0. The van der Waals surface area contributed by atoms with Crippen LogP contribution in [0.4, 0.5) is 4.39 Å². The number of ether oxygens (including phenoxy) is 1. The van der Waals surface area contributed by atoms with Crippen LogP contribution < -0.4 is 0 Å². The molecule has 0 amide bonds. The van der Waals surface area contributed by atoms with Gasteiger partial charge in [0.2, 0.25) is 0 Å². The molecule has 1 saturated carbocycles. The summed E-state index contributed by atoms with van der Waals surface area (Å²) in [5.41, 5.74) is -0.194. The highest BCUT2D eigenvalue weighted by Crippen LogP contribution is 2.40. The Bertz CT molecular complexity index is 382. The van der Waals surface area contributed by atoms with Crippen molar-refractivity contribution in [2.45, 2.75) is 38.2 Å². The van der Waals surface area contributed by atoms with Crippen molar-refractivity contribution in [2.24, 2.45) is 0 Å². The van der Waals surface area contributed by atoms with Crippen LogP contribution >= 0.6 is 11.6 Å². The van der Waals surface area contributed by atoms with Crippen LogP contribution in [0.5, 0.6) is 0 Å². The van der Waals surface area contributed by atoms with Crippen LogP contribution in [0.25, 0.3) is 0 Å². The molecular formula is C11H14ClFN2O. The molecule has 0 unspecified atom stereocenters. The predicted octanol–water partition coefficient (Wildman–Crippen LogP) is 2.99. The summed E-state index contributed by atoms with van der Waals surface area (Å²) in [7, 11) is 1.64. The Morgan fingerprint density at radius 1 is 1.31 bits per heavy atom. The monoisotopic (exact) mass is 244 g/mol. The molecule has 1 aliphatic rings. The van der Waals surface area contributed by atoms with Gasteiger partial charge in [-0.15, -0.1) is 0 Å². The lowest BCUT2D eigenvalue weighted by atomic mass is 10.0. The normalized spacial score (nSPS) is 19.0. The van der Waals surface area contributed by atoms with E-state index in [9.17, 15) is 4.39 Å². The van der Waals surface area contributed by atoms with Crippen LogP contribution in [0.3, 0.4) is 0 Å². The minimum Gasteiger partial charge on any atom is -0.370 e. The fraction of sp³-hybridized carbons (Fsp3) is 0.636. The van der Waals surface area contributed by atoms with Gasteiger partial charge in [-0.3, -0.25) is 0 Å². The number of hydrogen-bond acceptors (Lipinski definition) is 3. The smallest absolute Gasteiger partial charge is 0.181 e. The van der Waals surface area contributed by atoms with Gasteiger partial charge in [0.1, 0.15) is 5.60 Å². The van der Waals surface area contributed by atoms with E-state index in [2.05, 4.69) is 9.97 Å². The van der Waals surface area contributed by atoms with E-state index in [1.807, 2.05) is 0 Å². The lowest BCUT2D eigenvalue weighted by molar-refractivity contribution is -0.0165. The molecule has 1 aromatic rings. The van der Waals surface area contributed by atoms with Crippen molar-refractivity contribution in [3.63, 3.8) is 0 Å². The second-order valence-corrected chi connectivity index (χ2v) is 4.50. The van der Waals surface area contributed by atoms with E-state index in [0.29, 0.717) is 5.82 Å². The van der Waals surface area contributed by atoms with E-state index in [1.165, 1.54) is 0 Å². The van der Waals surface area contributed by atoms with E-state index in [1.54, 1.807) is 14.0 Å². The summed E-state index contributed by atoms with van der Waals surface area (Å²) in [5.74, 6) is -0.0360. The molecule has 0 aliphatic heterocycles. The van der Waals surface area contributed by atoms with Crippen molar-refractivity contribution < 1.29 is 9.13 Å². The molecule has 3 nitrogen and oxygen atoms in total. The van der Waals surface area contributed by atoms with Crippen LogP contribution in [-0.2, 0) is 10.3 Å². The Labute approximate surface area is 99.0 Å². The molecule has 0 radical (unpaired) electrons. The molecule has 0 bridgehead atoms. The number of halogens is 2. The summed E-state index contributed by atoms with van der Waals surface area (Å²) < 4.78 is 18.9. The predicted molar refractivity (Wildman–Crippen MR) is 58.9 cm³/mol. The fourth-order valence-corrected chi connectivity index (χ4v) is 2.41. The van der Waals surface area contributed by atoms with E-state index >= 15 is 0 Å². The van der Waals surface area contributed by atoms with Gasteiger partial charge in [-0.2, -0.15) is 0 Å². The first kappa shape index (κ1) is 11.7. The summed E-state index contributed by atoms with van der Waals surface area (Å²) in [4.78, 5) is 8.18. The summed E-state index contributed by atoms with van der Waals surface area (Å²) in [5, 5.41) is -0.120. The molecule has 0 aromatic carbocycles. The summed E-state index contributed by atoms with van der Waals surface area (Å²) in [6.07, 6.45) is 3.88. The highest BCUT2D eigenvalue weighted by Gasteiger charge is 2.39. The van der Waals surface area contributed by atoms with E-state index in [-0.39, 0.29) is 10.8 Å². The van der Waals surface area contributed by atoms with Crippen molar-refractivity contribution >= 4 is 11.6 Å². The molecule has 0 N–H and O–H groups in total. The number of nitrogens with zero attached hydrogens (tertiary/aromatic N) is 2. The SMILES string of the molecule is COC1(c2nc(C)c(F)c(Cl)n2)CCCC1. The topological polar surface area (TPSA) is 35.0 Å². The molecule has 1 aliphatic carbocycles. The van der Waals surface area contributed by atoms with Crippen molar-refractivity contribution in [1.82, 2.24) is 9.97 Å². The zero-order valence-corrected chi connectivity index (χ0v) is 10.1. The minimum atomic E-state index is -0.547. The zero-order valence-electron chi connectivity index (χ0n) is 9.39. The van der Waals surface area contributed by atoms with Gasteiger partial charge >= 0.3 is 0 Å². The third-order valence-corrected chi connectivity index (χ3v) is 3.44. The molecule has 88 valence electrons. The fourth-order valence-electron chi connectivity index (χ4n) is 2.19. The van der Waals surface area contributed by atoms with E-state index in [0.717, 1.165) is 25.7 Å². The Balaban J connectivity index is 2.47. The molecule has 0 atom stereocenters. The molecule has 5 heteroatoms. The van der Waals surface area contributed by atoms with E-state index < -0.39 is 11.4 Å². The highest BCUT2D eigenvalue weighted by molar-refractivity contribution is 6.29. The maximum atomic E-state index is 13.3. The Morgan fingerprint density at radius 2 is 1.94 bits per heavy atom. The number of methoxy groups -OCH3 is 1. The van der Waals surface area contributed by atoms with Gasteiger partial charge in [0, 0.05) is 7.11 Å². The van der Waals surface area contributed by atoms with Crippen LogP contribution in [0.15, 0.2) is 0 Å². The second kappa shape index (κ2) is 4.26. The Hall–Kier alpha value is -0.740. The van der Waals surface area contributed by atoms with Gasteiger partial charge in [-0.05, 0) is 32.6 Å². The van der Waals surface area contributed by atoms with Crippen molar-refractivity contribution in [3.8, 4) is 0 Å². The third kappa shape index (κ3) is 1.80. The summed E-state index contributed by atoms with van der Waals surface area (Å²) in [6.45, 7) is 1.59. The van der Waals surface area contributed by atoms with Gasteiger partial charge in [-0.25, -0.2) is 14.4 Å². The Kier molecular flexibility index (Phi) is 3.13. The zero-order chi connectivity index (χ0) is 11.8. The van der Waals surface area contributed by atoms with Gasteiger partial charge in [0.15, 0.2) is 16.8 Å². The first-order chi connectivity index (χ1) is 7.59. The van der Waals surface area contributed by atoms with Crippen LogP contribution in [0, 0.1) is 12.7 Å². The van der Waals surface area contributed by atoms with Crippen LogP contribution in [0.2, 0.25) is 5.15 Å². The maximum absolute atomic E-state index is 13.3. The molecule has 1 heterocycles. The standard InChI is InChI=1S/C11H14ClFN2O/c1-7-8(13)9(12)15-10(14-7)11(16-2)5-3-4-6-11/h3-6H2,1-2H3. The van der Waals surface area contributed by atoms with Gasteiger partial charge in [-0.1, -0.05) is 11.6 Å². The average molecular weight is 245 g/mol. The van der Waals surface area contributed by atoms with Gasteiger partial charge in [0.25, 0.3) is 0 Å².